The van der Waals surface area contributed by atoms with E-state index in [9.17, 15) is 34.6 Å². The number of hydrogen-bond acceptors (Lipinski definition) is 8. The summed E-state index contributed by atoms with van der Waals surface area (Å²) in [6.45, 7) is 0.0170. The molecule has 0 bridgehead atoms. The van der Waals surface area contributed by atoms with Crippen LogP contribution in [-0.4, -0.2) is 44.8 Å². The minimum Gasteiger partial charge on any atom is -0.335 e. The standard InChI is InChI=1S/C30H25F3N2O7S4/c31-30(32,33)20-8-11-25-24(17-20)34(14-4-16-45(36,37)38)27(43-25)18-28-35(13-3-15-42-46(39,40)41)29-23-9-7-19-5-1-2-6-21(19)22(23)10-12-26(29)44-28/h1-2,5-12,17-18H,3-4,13-16H2,(H-,36,37,38,39,40,41)/p+1. The smallest absolute Gasteiger partial charge is 0.335 e. The van der Waals surface area contributed by atoms with Crippen molar-refractivity contribution in [3.63, 3.8) is 0 Å². The van der Waals surface area contributed by atoms with Crippen molar-refractivity contribution in [1.29, 1.82) is 0 Å². The van der Waals surface area contributed by atoms with Gasteiger partial charge in [-0.15, -0.1) is 0 Å². The Morgan fingerprint density at radius 1 is 0.913 bits per heavy atom. The molecule has 1 aliphatic heterocycles. The van der Waals surface area contributed by atoms with Crippen LogP contribution >= 0.6 is 23.1 Å². The van der Waals surface area contributed by atoms with E-state index in [4.69, 9.17) is 4.55 Å². The van der Waals surface area contributed by atoms with Crippen molar-refractivity contribution < 1.29 is 47.9 Å². The topological polar surface area (TPSA) is 125 Å². The first kappa shape index (κ1) is 32.7. The molecule has 0 radical (unpaired) electrons. The Hall–Kier alpha value is -3.25. The molecule has 4 aromatic carbocycles. The maximum atomic E-state index is 13.6. The number of hydrogen-bond donors (Lipinski definition) is 2. The molecule has 9 nitrogen and oxygen atoms in total. The highest BCUT2D eigenvalue weighted by Crippen LogP contribution is 2.49. The van der Waals surface area contributed by atoms with E-state index in [-0.39, 0.29) is 38.2 Å². The van der Waals surface area contributed by atoms with Gasteiger partial charge in [-0.25, -0.2) is 4.18 Å². The third kappa shape index (κ3) is 7.02. The van der Waals surface area contributed by atoms with Crippen molar-refractivity contribution in [2.75, 3.05) is 23.8 Å². The lowest BCUT2D eigenvalue weighted by Gasteiger charge is -2.20. The third-order valence-electron chi connectivity index (χ3n) is 7.46. The molecular weight excluding hydrogens is 686 g/mol. The number of thiazole rings is 1. The molecule has 0 amide bonds. The molecule has 5 aromatic rings. The van der Waals surface area contributed by atoms with Gasteiger partial charge in [0, 0.05) is 17.9 Å². The molecule has 0 spiro atoms. The number of aromatic nitrogens is 1. The van der Waals surface area contributed by atoms with Gasteiger partial charge in [-0.2, -0.15) is 34.6 Å². The van der Waals surface area contributed by atoms with E-state index < -0.39 is 38.0 Å². The van der Waals surface area contributed by atoms with Crippen LogP contribution < -0.4 is 9.47 Å². The van der Waals surface area contributed by atoms with Gasteiger partial charge in [-0.3, -0.25) is 9.11 Å². The van der Waals surface area contributed by atoms with Crippen LogP contribution in [0.2, 0.25) is 0 Å². The number of thioether (sulfide) groups is 1. The van der Waals surface area contributed by atoms with E-state index in [0.717, 1.165) is 43.9 Å². The molecule has 2 N–H and O–H groups in total. The van der Waals surface area contributed by atoms with E-state index in [1.807, 2.05) is 59.2 Å². The second-order valence-electron chi connectivity index (χ2n) is 10.5. The predicted octanol–water partition coefficient (Wildman–Crippen LogP) is 6.91. The van der Waals surface area contributed by atoms with Crippen molar-refractivity contribution >= 4 is 87.1 Å². The first-order chi connectivity index (χ1) is 21.7. The fraction of sp³-hybridized carbons (Fsp3) is 0.233. The van der Waals surface area contributed by atoms with Crippen LogP contribution in [0.1, 0.15) is 23.4 Å². The molecule has 16 heteroatoms. The number of halogens is 3. The van der Waals surface area contributed by atoms with Gasteiger partial charge in [0.25, 0.3) is 15.1 Å². The molecule has 0 saturated heterocycles. The molecule has 0 aliphatic carbocycles. The normalized spacial score (nSPS) is 15.1. The van der Waals surface area contributed by atoms with Gasteiger partial charge in [0.2, 0.25) is 5.52 Å². The van der Waals surface area contributed by atoms with Crippen LogP contribution in [0.5, 0.6) is 0 Å². The maximum Gasteiger partial charge on any atom is 0.416 e. The number of rotatable bonds is 10. The van der Waals surface area contributed by atoms with Gasteiger partial charge in [-0.05, 0) is 52.9 Å². The summed E-state index contributed by atoms with van der Waals surface area (Å²) in [5.41, 5.74) is 0.291. The second kappa shape index (κ2) is 12.4. The Morgan fingerprint density at radius 2 is 1.67 bits per heavy atom. The summed E-state index contributed by atoms with van der Waals surface area (Å²) >= 11 is 2.67. The van der Waals surface area contributed by atoms with Crippen molar-refractivity contribution in [1.82, 2.24) is 0 Å². The Morgan fingerprint density at radius 3 is 2.41 bits per heavy atom. The zero-order valence-corrected chi connectivity index (χ0v) is 27.0. The number of benzene rings is 4. The molecule has 0 saturated carbocycles. The zero-order valence-electron chi connectivity index (χ0n) is 23.8. The SMILES string of the molecule is O=S(=O)(O)CCCN1C(=Cc2sc3ccc4c5ccccc5ccc4c3[n+]2CCCOS(=O)(=O)O)Sc2ccc(C(F)(F)F)cc21. The Kier molecular flexibility index (Phi) is 8.82. The van der Waals surface area contributed by atoms with Gasteiger partial charge in [0.15, 0.2) is 6.54 Å². The van der Waals surface area contributed by atoms with Crippen LogP contribution in [0.3, 0.4) is 0 Å². The second-order valence-corrected chi connectivity index (χ2v) is 15.3. The Bertz CT molecular complexity index is 2230. The fourth-order valence-corrected chi connectivity index (χ4v) is 8.68. The maximum absolute atomic E-state index is 13.6. The average molecular weight is 712 g/mol. The molecule has 1 aliphatic rings. The van der Waals surface area contributed by atoms with Crippen LogP contribution in [0.25, 0.3) is 37.8 Å². The van der Waals surface area contributed by atoms with Gasteiger partial charge < -0.3 is 4.90 Å². The lowest BCUT2D eigenvalue weighted by Crippen LogP contribution is -2.36. The highest BCUT2D eigenvalue weighted by atomic mass is 32.3. The number of anilines is 1. The fourth-order valence-electron chi connectivity index (χ4n) is 5.53. The predicted molar refractivity (Wildman–Crippen MR) is 173 cm³/mol. The van der Waals surface area contributed by atoms with E-state index >= 15 is 0 Å². The third-order valence-corrected chi connectivity index (χ3v) is 10.9. The lowest BCUT2D eigenvalue weighted by atomic mass is 10.0. The zero-order chi connectivity index (χ0) is 32.9. The van der Waals surface area contributed by atoms with Gasteiger partial charge in [0.1, 0.15) is 4.70 Å². The molecule has 46 heavy (non-hydrogen) atoms. The van der Waals surface area contributed by atoms with Gasteiger partial charge >= 0.3 is 16.6 Å². The van der Waals surface area contributed by atoms with Gasteiger partial charge in [-0.1, -0.05) is 59.5 Å². The number of alkyl halides is 3. The van der Waals surface area contributed by atoms with E-state index in [1.54, 1.807) is 4.90 Å². The van der Waals surface area contributed by atoms with Crippen molar-refractivity contribution in [2.24, 2.45) is 0 Å². The van der Waals surface area contributed by atoms with E-state index in [2.05, 4.69) is 4.18 Å². The molecule has 2 heterocycles. The largest absolute Gasteiger partial charge is 0.416 e. The van der Waals surface area contributed by atoms with Crippen LogP contribution in [-0.2, 0) is 37.4 Å². The molecule has 242 valence electrons. The summed E-state index contributed by atoms with van der Waals surface area (Å²) in [4.78, 5) is 2.17. The minimum absolute atomic E-state index is 0.0228. The average Bonchev–Trinajstić information content (AvgIpc) is 3.50. The first-order valence-electron chi connectivity index (χ1n) is 13.9. The summed E-state index contributed by atoms with van der Waals surface area (Å²) in [5.74, 6) is -0.563. The van der Waals surface area contributed by atoms with Gasteiger partial charge in [0.05, 0.1) is 40.1 Å². The summed E-state index contributed by atoms with van der Waals surface area (Å²) in [5, 5.41) is 5.29. The number of fused-ring (bicyclic) bond motifs is 6. The molecule has 1 aromatic heterocycles. The van der Waals surface area contributed by atoms with Crippen molar-refractivity contribution in [2.45, 2.75) is 30.5 Å². The van der Waals surface area contributed by atoms with Crippen molar-refractivity contribution in [3.05, 3.63) is 82.3 Å². The molecule has 6 rings (SSSR count). The summed E-state index contributed by atoms with van der Waals surface area (Å²) in [6, 6.07) is 19.4. The first-order valence-corrected chi connectivity index (χ1v) is 18.5. The summed E-state index contributed by atoms with van der Waals surface area (Å²) in [7, 11) is -8.93. The van der Waals surface area contributed by atoms with E-state index in [1.165, 1.54) is 29.2 Å². The van der Waals surface area contributed by atoms with Crippen LogP contribution in [0.4, 0.5) is 18.9 Å². The minimum atomic E-state index is -4.64. The van der Waals surface area contributed by atoms with Crippen molar-refractivity contribution in [3.8, 4) is 0 Å². The molecule has 0 unspecified atom stereocenters. The summed E-state index contributed by atoms with van der Waals surface area (Å²) < 4.78 is 112. The summed E-state index contributed by atoms with van der Waals surface area (Å²) in [6.07, 6.45) is -2.61. The number of aryl methyl sites for hydroxylation is 1. The highest BCUT2D eigenvalue weighted by molar-refractivity contribution is 8.04. The quantitative estimate of drug-likeness (QED) is 0.0688. The van der Waals surface area contributed by atoms with Crippen LogP contribution in [0.15, 0.2) is 76.7 Å². The molecular formula is C30H26F3N2O7S4+. The molecule has 0 fully saturated rings. The van der Waals surface area contributed by atoms with Crippen LogP contribution in [0, 0.1) is 0 Å². The Balaban J connectivity index is 1.48. The van der Waals surface area contributed by atoms with E-state index in [0.29, 0.717) is 14.9 Å². The number of nitrogens with zero attached hydrogens (tertiary/aromatic N) is 2. The lowest BCUT2D eigenvalue weighted by molar-refractivity contribution is -0.668. The highest BCUT2D eigenvalue weighted by Gasteiger charge is 2.35. The Labute approximate surface area is 270 Å². The molecule has 0 atom stereocenters. The monoisotopic (exact) mass is 711 g/mol.